The van der Waals surface area contributed by atoms with Crippen LogP contribution in [0.4, 0.5) is 13.2 Å². The number of hydrogen-bond donors (Lipinski definition) is 2. The van der Waals surface area contributed by atoms with Crippen LogP contribution >= 0.6 is 15.9 Å². The van der Waals surface area contributed by atoms with Crippen molar-refractivity contribution in [2.24, 2.45) is 11.3 Å². The Hall–Kier alpha value is -1.08. The average Bonchev–Trinajstić information content (AvgIpc) is 2.73. The van der Waals surface area contributed by atoms with E-state index in [0.29, 0.717) is 5.56 Å². The molecule has 7 heteroatoms. The fraction of sp³-hybridized carbons (Fsp3) is 0.462. The maximum atomic E-state index is 13.3. The van der Waals surface area contributed by atoms with Gasteiger partial charge in [-0.25, -0.2) is 0 Å². The molecule has 0 amide bonds. The van der Waals surface area contributed by atoms with Crippen molar-refractivity contribution < 1.29 is 23.1 Å². The summed E-state index contributed by atoms with van der Waals surface area (Å²) in [6.45, 7) is -0.539. The van der Waals surface area contributed by atoms with Crippen molar-refractivity contribution in [3.8, 4) is 0 Å². The third-order valence-electron chi connectivity index (χ3n) is 3.75. The Morgan fingerprint density at radius 2 is 2.20 bits per heavy atom. The number of halogens is 4. The van der Waals surface area contributed by atoms with Gasteiger partial charge in [0.15, 0.2) is 5.41 Å². The van der Waals surface area contributed by atoms with E-state index in [-0.39, 0.29) is 13.0 Å². The van der Waals surface area contributed by atoms with Crippen LogP contribution in [0.2, 0.25) is 0 Å². The smallest absolute Gasteiger partial charge is 0.406 e. The van der Waals surface area contributed by atoms with Gasteiger partial charge in [0, 0.05) is 16.9 Å². The second kappa shape index (κ2) is 5.37. The van der Waals surface area contributed by atoms with Crippen LogP contribution in [-0.4, -0.2) is 30.3 Å². The third kappa shape index (κ3) is 2.56. The topological polar surface area (TPSA) is 49.3 Å². The monoisotopic (exact) mass is 351 g/mol. The Balaban J connectivity index is 2.32. The van der Waals surface area contributed by atoms with Gasteiger partial charge in [-0.1, -0.05) is 28.1 Å². The van der Waals surface area contributed by atoms with Crippen molar-refractivity contribution in [1.82, 2.24) is 5.32 Å². The first-order chi connectivity index (χ1) is 9.27. The van der Waals surface area contributed by atoms with E-state index in [4.69, 9.17) is 5.11 Å². The summed E-state index contributed by atoms with van der Waals surface area (Å²) in [4.78, 5) is 11.3. The lowest BCUT2D eigenvalue weighted by atomic mass is 9.74. The van der Waals surface area contributed by atoms with Crippen molar-refractivity contribution in [3.05, 3.63) is 34.3 Å². The molecule has 1 saturated heterocycles. The van der Waals surface area contributed by atoms with Crippen molar-refractivity contribution in [1.29, 1.82) is 0 Å². The number of alkyl halides is 3. The summed E-state index contributed by atoms with van der Waals surface area (Å²) in [6.07, 6.45) is -4.71. The van der Waals surface area contributed by atoms with Crippen molar-refractivity contribution >= 4 is 21.9 Å². The van der Waals surface area contributed by atoms with Gasteiger partial charge in [0.2, 0.25) is 0 Å². The van der Waals surface area contributed by atoms with Crippen LogP contribution in [0.1, 0.15) is 5.56 Å². The number of rotatable bonds is 3. The summed E-state index contributed by atoms with van der Waals surface area (Å²) in [5.41, 5.74) is -2.03. The van der Waals surface area contributed by atoms with Gasteiger partial charge in [-0.05, 0) is 30.7 Å². The number of carbonyl (C=O) groups is 1. The molecule has 3 nitrogen and oxygen atoms in total. The minimum Gasteiger partial charge on any atom is -0.481 e. The van der Waals surface area contributed by atoms with Crippen LogP contribution < -0.4 is 5.32 Å². The van der Waals surface area contributed by atoms with Crippen molar-refractivity contribution in [3.63, 3.8) is 0 Å². The predicted octanol–water partition coefficient (Wildman–Crippen LogP) is 2.84. The molecule has 20 heavy (non-hydrogen) atoms. The van der Waals surface area contributed by atoms with Crippen LogP contribution in [0.3, 0.4) is 0 Å². The molecule has 110 valence electrons. The normalized spacial score (nSPS) is 26.7. The molecule has 0 aromatic heterocycles. The Bertz CT molecular complexity index is 521. The SMILES string of the molecule is O=C(O)[C@]1(C(F)(F)F)CNC[C@H]1Cc1cccc(Br)c1. The summed E-state index contributed by atoms with van der Waals surface area (Å²) in [5.74, 6) is -2.83. The fourth-order valence-corrected chi connectivity index (χ4v) is 3.11. The van der Waals surface area contributed by atoms with E-state index >= 15 is 0 Å². The van der Waals surface area contributed by atoms with E-state index in [9.17, 15) is 18.0 Å². The first kappa shape index (κ1) is 15.3. The molecule has 1 aliphatic heterocycles. The van der Waals surface area contributed by atoms with E-state index in [1.165, 1.54) is 0 Å². The first-order valence-electron chi connectivity index (χ1n) is 6.02. The van der Waals surface area contributed by atoms with Gasteiger partial charge < -0.3 is 10.4 Å². The molecule has 0 spiro atoms. The van der Waals surface area contributed by atoms with E-state index in [1.54, 1.807) is 24.3 Å². The van der Waals surface area contributed by atoms with Gasteiger partial charge in [0.1, 0.15) is 0 Å². The Morgan fingerprint density at radius 3 is 2.75 bits per heavy atom. The van der Waals surface area contributed by atoms with Gasteiger partial charge in [0.05, 0.1) is 0 Å². The lowest BCUT2D eigenvalue weighted by Gasteiger charge is -2.32. The van der Waals surface area contributed by atoms with Gasteiger partial charge in [-0.3, -0.25) is 4.79 Å². The molecule has 0 aliphatic carbocycles. The Morgan fingerprint density at radius 1 is 1.50 bits per heavy atom. The van der Waals surface area contributed by atoms with E-state index in [0.717, 1.165) is 4.47 Å². The summed E-state index contributed by atoms with van der Waals surface area (Å²) in [7, 11) is 0. The van der Waals surface area contributed by atoms with Gasteiger partial charge in [-0.2, -0.15) is 13.2 Å². The summed E-state index contributed by atoms with van der Waals surface area (Å²) >= 11 is 3.25. The standard InChI is InChI=1S/C13H13BrF3NO2/c14-10-3-1-2-8(5-10)4-9-6-18-7-12(9,11(19)20)13(15,16)17/h1-3,5,9,18H,4,6-7H2,(H,19,20)/t9-,12+/m1/s1. The molecule has 2 rings (SSSR count). The largest absolute Gasteiger partial charge is 0.481 e. The minimum atomic E-state index is -4.78. The summed E-state index contributed by atoms with van der Waals surface area (Å²) < 4.78 is 40.6. The maximum Gasteiger partial charge on any atom is 0.406 e. The van der Waals surface area contributed by atoms with Crippen LogP contribution in [0.15, 0.2) is 28.7 Å². The maximum absolute atomic E-state index is 13.3. The molecular weight excluding hydrogens is 339 g/mol. The molecule has 2 atom stereocenters. The van der Waals surface area contributed by atoms with Crippen LogP contribution in [0, 0.1) is 11.3 Å². The van der Waals surface area contributed by atoms with Gasteiger partial charge in [-0.15, -0.1) is 0 Å². The van der Waals surface area contributed by atoms with Gasteiger partial charge >= 0.3 is 12.1 Å². The number of hydrogen-bond acceptors (Lipinski definition) is 2. The zero-order valence-corrected chi connectivity index (χ0v) is 12.0. The summed E-state index contributed by atoms with van der Waals surface area (Å²) in [5, 5.41) is 11.7. The highest BCUT2D eigenvalue weighted by molar-refractivity contribution is 9.10. The lowest BCUT2D eigenvalue weighted by molar-refractivity contribution is -0.236. The Labute approximate surface area is 122 Å². The number of carboxylic acids is 1. The second-order valence-electron chi connectivity index (χ2n) is 4.94. The molecule has 1 aromatic rings. The second-order valence-corrected chi connectivity index (χ2v) is 5.85. The molecule has 0 bridgehead atoms. The lowest BCUT2D eigenvalue weighted by Crippen LogP contribution is -2.51. The van der Waals surface area contributed by atoms with Gasteiger partial charge in [0.25, 0.3) is 0 Å². The molecule has 2 N–H and O–H groups in total. The highest BCUT2D eigenvalue weighted by atomic mass is 79.9. The number of benzene rings is 1. The Kier molecular flexibility index (Phi) is 4.11. The van der Waals surface area contributed by atoms with Crippen LogP contribution in [-0.2, 0) is 11.2 Å². The number of aliphatic carboxylic acids is 1. The molecule has 1 fully saturated rings. The molecular formula is C13H13BrF3NO2. The molecule has 1 aromatic carbocycles. The highest BCUT2D eigenvalue weighted by Crippen LogP contribution is 2.47. The van der Waals surface area contributed by atoms with E-state index in [1.807, 2.05) is 0 Å². The molecule has 1 aliphatic rings. The highest BCUT2D eigenvalue weighted by Gasteiger charge is 2.66. The zero-order valence-electron chi connectivity index (χ0n) is 10.4. The minimum absolute atomic E-state index is 0.0400. The third-order valence-corrected chi connectivity index (χ3v) is 4.24. The van der Waals surface area contributed by atoms with Crippen molar-refractivity contribution in [2.45, 2.75) is 12.6 Å². The molecule has 0 radical (unpaired) electrons. The van der Waals surface area contributed by atoms with Crippen molar-refractivity contribution in [2.75, 3.05) is 13.1 Å². The molecule has 0 unspecified atom stereocenters. The summed E-state index contributed by atoms with van der Waals surface area (Å²) in [6, 6.07) is 6.90. The predicted molar refractivity (Wildman–Crippen MR) is 70.3 cm³/mol. The number of nitrogens with one attached hydrogen (secondary N) is 1. The number of carboxylic acid groups (broad SMARTS) is 1. The quantitative estimate of drug-likeness (QED) is 0.880. The van der Waals surface area contributed by atoms with Crippen LogP contribution in [0.25, 0.3) is 0 Å². The average molecular weight is 352 g/mol. The first-order valence-corrected chi connectivity index (χ1v) is 6.82. The van der Waals surface area contributed by atoms with E-state index in [2.05, 4.69) is 21.2 Å². The van der Waals surface area contributed by atoms with Crippen LogP contribution in [0.5, 0.6) is 0 Å². The fourth-order valence-electron chi connectivity index (χ4n) is 2.66. The van der Waals surface area contributed by atoms with E-state index < -0.39 is 30.0 Å². The molecule has 1 heterocycles. The zero-order chi connectivity index (χ0) is 15.0. The molecule has 0 saturated carbocycles.